The third kappa shape index (κ3) is 4.32. The number of methoxy groups -OCH3 is 2. The normalized spacial score (nSPS) is 19.3. The zero-order valence-corrected chi connectivity index (χ0v) is 18.1. The Morgan fingerprint density at radius 2 is 1.87 bits per heavy atom. The molecule has 1 unspecified atom stereocenters. The zero-order chi connectivity index (χ0) is 20.4. The van der Waals surface area contributed by atoms with E-state index in [1.54, 1.807) is 26.4 Å². The summed E-state index contributed by atoms with van der Waals surface area (Å²) in [5.41, 5.74) is 6.92. The molecule has 0 bridgehead atoms. The number of nitrogens with two attached hydrogens (primary N) is 1. The van der Waals surface area contributed by atoms with Crippen molar-refractivity contribution in [3.05, 3.63) is 12.1 Å². The van der Waals surface area contributed by atoms with Crippen LogP contribution < -0.4 is 20.1 Å². The lowest BCUT2D eigenvalue weighted by atomic mass is 10.2. The van der Waals surface area contributed by atoms with Crippen molar-refractivity contribution in [1.82, 2.24) is 14.9 Å². The van der Waals surface area contributed by atoms with Gasteiger partial charge in [-0.3, -0.25) is 4.79 Å². The van der Waals surface area contributed by atoms with Crippen molar-refractivity contribution in [2.45, 2.75) is 25.4 Å². The molecule has 2 N–H and O–H groups in total. The Bertz CT molecular complexity index is 906. The molecule has 2 aliphatic rings. The number of nitrogens with zero attached hydrogens (tertiary/aromatic N) is 4. The van der Waals surface area contributed by atoms with E-state index in [1.807, 2.05) is 4.90 Å². The molecule has 0 saturated carbocycles. The van der Waals surface area contributed by atoms with Crippen LogP contribution in [0.4, 0.5) is 11.8 Å². The average Bonchev–Trinajstić information content (AvgIpc) is 3.16. The van der Waals surface area contributed by atoms with E-state index < -0.39 is 0 Å². The van der Waals surface area contributed by atoms with Crippen molar-refractivity contribution >= 4 is 41.0 Å². The van der Waals surface area contributed by atoms with Gasteiger partial charge in [0.1, 0.15) is 11.9 Å². The van der Waals surface area contributed by atoms with Gasteiger partial charge < -0.3 is 29.7 Å². The van der Waals surface area contributed by atoms with Gasteiger partial charge in [0.2, 0.25) is 5.95 Å². The van der Waals surface area contributed by atoms with Crippen molar-refractivity contribution in [2.75, 3.05) is 57.6 Å². The Balaban J connectivity index is 0.00000256. The highest BCUT2D eigenvalue weighted by Gasteiger charge is 2.29. The molecule has 3 heterocycles. The number of anilines is 2. The second-order valence-corrected chi connectivity index (χ2v) is 7.30. The molecule has 164 valence electrons. The number of amides is 1. The van der Waals surface area contributed by atoms with Gasteiger partial charge in [-0.2, -0.15) is 4.98 Å². The van der Waals surface area contributed by atoms with Gasteiger partial charge in [0.15, 0.2) is 11.5 Å². The van der Waals surface area contributed by atoms with Crippen molar-refractivity contribution in [3.63, 3.8) is 0 Å². The second kappa shape index (κ2) is 9.53. The van der Waals surface area contributed by atoms with Crippen LogP contribution in [-0.4, -0.2) is 73.9 Å². The molecule has 2 aromatic rings. The Kier molecular flexibility index (Phi) is 7.04. The number of nitrogen functional groups attached to an aromatic ring is 1. The molecule has 1 atom stereocenters. The summed E-state index contributed by atoms with van der Waals surface area (Å²) in [6, 6.07) is 3.60. The summed E-state index contributed by atoms with van der Waals surface area (Å²) in [7, 11) is 3.17. The van der Waals surface area contributed by atoms with E-state index in [2.05, 4.69) is 9.88 Å². The van der Waals surface area contributed by atoms with Gasteiger partial charge >= 0.3 is 0 Å². The summed E-state index contributed by atoms with van der Waals surface area (Å²) in [6.07, 6.45) is 2.33. The predicted molar refractivity (Wildman–Crippen MR) is 117 cm³/mol. The molecule has 9 nitrogen and oxygen atoms in total. The Morgan fingerprint density at radius 1 is 1.10 bits per heavy atom. The van der Waals surface area contributed by atoms with Gasteiger partial charge in [0, 0.05) is 44.2 Å². The van der Waals surface area contributed by atoms with Crippen molar-refractivity contribution < 1.29 is 19.0 Å². The van der Waals surface area contributed by atoms with E-state index in [-0.39, 0.29) is 24.4 Å². The first kappa shape index (κ1) is 22.2. The molecule has 2 aliphatic heterocycles. The lowest BCUT2D eigenvalue weighted by Gasteiger charge is -2.24. The first-order valence-electron chi connectivity index (χ1n) is 9.95. The van der Waals surface area contributed by atoms with Gasteiger partial charge in [-0.15, -0.1) is 12.4 Å². The van der Waals surface area contributed by atoms with Crippen molar-refractivity contribution in [3.8, 4) is 11.5 Å². The summed E-state index contributed by atoms with van der Waals surface area (Å²) >= 11 is 0. The fourth-order valence-corrected chi connectivity index (χ4v) is 3.92. The average molecular weight is 438 g/mol. The highest BCUT2D eigenvalue weighted by Crippen LogP contribution is 2.34. The summed E-state index contributed by atoms with van der Waals surface area (Å²) in [6.45, 7) is 3.41. The maximum Gasteiger partial charge on any atom is 0.251 e. The van der Waals surface area contributed by atoms with E-state index in [0.29, 0.717) is 55.0 Å². The molecule has 0 spiro atoms. The minimum absolute atomic E-state index is 0. The molecular formula is C20H28ClN5O4. The molecule has 2 saturated heterocycles. The minimum atomic E-state index is -0.281. The quantitative estimate of drug-likeness (QED) is 0.773. The van der Waals surface area contributed by atoms with Crippen LogP contribution in [0.25, 0.3) is 10.9 Å². The summed E-state index contributed by atoms with van der Waals surface area (Å²) < 4.78 is 16.3. The van der Waals surface area contributed by atoms with Crippen molar-refractivity contribution in [1.29, 1.82) is 0 Å². The van der Waals surface area contributed by atoms with Crippen LogP contribution in [0.5, 0.6) is 11.5 Å². The van der Waals surface area contributed by atoms with E-state index in [9.17, 15) is 4.79 Å². The zero-order valence-electron chi connectivity index (χ0n) is 17.3. The van der Waals surface area contributed by atoms with Crippen LogP contribution in [-0.2, 0) is 9.53 Å². The van der Waals surface area contributed by atoms with Crippen LogP contribution in [0, 0.1) is 0 Å². The lowest BCUT2D eigenvalue weighted by molar-refractivity contribution is -0.140. The fourth-order valence-electron chi connectivity index (χ4n) is 3.92. The predicted octanol–water partition coefficient (Wildman–Crippen LogP) is 1.87. The maximum atomic E-state index is 12.7. The summed E-state index contributed by atoms with van der Waals surface area (Å²) in [5, 5.41) is 0.719. The molecular weight excluding hydrogens is 410 g/mol. The smallest absolute Gasteiger partial charge is 0.251 e. The Morgan fingerprint density at radius 3 is 2.57 bits per heavy atom. The molecule has 2 fully saturated rings. The number of fused-ring (bicyclic) bond motifs is 1. The van der Waals surface area contributed by atoms with Gasteiger partial charge in [-0.25, -0.2) is 4.98 Å². The molecule has 4 rings (SSSR count). The number of hydrogen-bond acceptors (Lipinski definition) is 8. The van der Waals surface area contributed by atoms with Crippen LogP contribution in [0.3, 0.4) is 0 Å². The van der Waals surface area contributed by atoms with Crippen LogP contribution in [0.1, 0.15) is 19.3 Å². The molecule has 30 heavy (non-hydrogen) atoms. The number of halogens is 1. The lowest BCUT2D eigenvalue weighted by Crippen LogP contribution is -2.41. The Hall–Kier alpha value is -2.52. The summed E-state index contributed by atoms with van der Waals surface area (Å²) in [5.74, 6) is 2.23. The largest absolute Gasteiger partial charge is 0.493 e. The third-order valence-corrected chi connectivity index (χ3v) is 5.51. The van der Waals surface area contributed by atoms with Gasteiger partial charge in [-0.1, -0.05) is 0 Å². The van der Waals surface area contributed by atoms with Gasteiger partial charge in [0.05, 0.1) is 19.7 Å². The number of rotatable bonds is 4. The summed E-state index contributed by atoms with van der Waals surface area (Å²) in [4.78, 5) is 25.9. The van der Waals surface area contributed by atoms with E-state index in [0.717, 1.165) is 31.2 Å². The molecule has 0 aliphatic carbocycles. The van der Waals surface area contributed by atoms with E-state index >= 15 is 0 Å². The van der Waals surface area contributed by atoms with Crippen LogP contribution in [0.15, 0.2) is 12.1 Å². The maximum absolute atomic E-state index is 12.7. The van der Waals surface area contributed by atoms with E-state index in [4.69, 9.17) is 24.9 Å². The number of ether oxygens (including phenoxy) is 3. The van der Waals surface area contributed by atoms with E-state index in [1.165, 1.54) is 0 Å². The fraction of sp³-hybridized carbons (Fsp3) is 0.550. The first-order chi connectivity index (χ1) is 14.1. The SMILES string of the molecule is COc1cc2nc(N3CCCN(C(=O)C4CCCO4)CC3)nc(N)c2cc1OC.Cl. The number of benzene rings is 1. The topological polar surface area (TPSA) is 103 Å². The van der Waals surface area contributed by atoms with Crippen LogP contribution >= 0.6 is 12.4 Å². The number of hydrogen-bond donors (Lipinski definition) is 1. The number of carbonyl (C=O) groups excluding carboxylic acids is 1. The Labute approximate surface area is 181 Å². The molecule has 1 aromatic carbocycles. The molecule has 10 heteroatoms. The highest BCUT2D eigenvalue weighted by atomic mass is 35.5. The molecule has 1 amide bonds. The van der Waals surface area contributed by atoms with Crippen LogP contribution in [0.2, 0.25) is 0 Å². The second-order valence-electron chi connectivity index (χ2n) is 7.30. The minimum Gasteiger partial charge on any atom is -0.493 e. The van der Waals surface area contributed by atoms with Gasteiger partial charge in [0.25, 0.3) is 5.91 Å². The number of aromatic nitrogens is 2. The van der Waals surface area contributed by atoms with Crippen molar-refractivity contribution in [2.24, 2.45) is 0 Å². The number of carbonyl (C=O) groups is 1. The molecule has 1 aromatic heterocycles. The third-order valence-electron chi connectivity index (χ3n) is 5.51. The highest BCUT2D eigenvalue weighted by molar-refractivity contribution is 5.91. The monoisotopic (exact) mass is 437 g/mol. The standard InChI is InChI=1S/C20H27N5O4.ClH/c1-27-16-11-13-14(12-17(16)28-2)22-20(23-18(13)21)25-7-4-6-24(8-9-25)19(26)15-5-3-10-29-15;/h11-12,15H,3-10H2,1-2H3,(H2,21,22,23);1H. The van der Waals surface area contributed by atoms with Gasteiger partial charge in [-0.05, 0) is 25.3 Å². The first-order valence-corrected chi connectivity index (χ1v) is 9.95. The molecule has 0 radical (unpaired) electrons.